The lowest BCUT2D eigenvalue weighted by Crippen LogP contribution is -2.46. The van der Waals surface area contributed by atoms with E-state index >= 15 is 0 Å². The van der Waals surface area contributed by atoms with E-state index in [-0.39, 0.29) is 17.9 Å². The van der Waals surface area contributed by atoms with Crippen LogP contribution in [-0.4, -0.2) is 49.6 Å². The molecule has 0 atom stereocenters. The molecule has 22 heavy (non-hydrogen) atoms. The fourth-order valence-electron chi connectivity index (χ4n) is 2.53. The van der Waals surface area contributed by atoms with Gasteiger partial charge in [-0.05, 0) is 40.9 Å². The van der Waals surface area contributed by atoms with E-state index in [1.165, 1.54) is 0 Å². The van der Waals surface area contributed by atoms with Crippen molar-refractivity contribution < 1.29 is 14.3 Å². The van der Waals surface area contributed by atoms with Crippen molar-refractivity contribution in [2.24, 2.45) is 0 Å². The standard InChI is InChI=1S/C16H21BrN2O3/c1-22-11-8-15(20)18-12-6-9-19(10-7-12)16(21)13-4-2-3-5-14(13)17/h2-5,12H,6-11H2,1H3,(H,18,20). The van der Waals surface area contributed by atoms with Gasteiger partial charge in [-0.1, -0.05) is 12.1 Å². The van der Waals surface area contributed by atoms with Crippen molar-refractivity contribution in [2.75, 3.05) is 26.8 Å². The van der Waals surface area contributed by atoms with Crippen LogP contribution in [0.4, 0.5) is 0 Å². The minimum absolute atomic E-state index is 0.0115. The quantitative estimate of drug-likeness (QED) is 0.866. The number of halogens is 1. The maximum atomic E-state index is 12.5. The number of hydrogen-bond acceptors (Lipinski definition) is 3. The number of carbonyl (C=O) groups excluding carboxylic acids is 2. The predicted molar refractivity (Wildman–Crippen MR) is 87.7 cm³/mol. The van der Waals surface area contributed by atoms with Crippen LogP contribution in [0, 0.1) is 0 Å². The molecule has 120 valence electrons. The molecule has 0 saturated carbocycles. The first kappa shape index (κ1) is 17.0. The highest BCUT2D eigenvalue weighted by Crippen LogP contribution is 2.20. The van der Waals surface area contributed by atoms with E-state index in [0.717, 1.165) is 17.3 Å². The van der Waals surface area contributed by atoms with Gasteiger partial charge < -0.3 is 15.0 Å². The lowest BCUT2D eigenvalue weighted by atomic mass is 10.0. The number of likely N-dealkylation sites (tertiary alicyclic amines) is 1. The molecule has 0 spiro atoms. The van der Waals surface area contributed by atoms with Crippen molar-refractivity contribution in [2.45, 2.75) is 25.3 Å². The van der Waals surface area contributed by atoms with Gasteiger partial charge in [0.15, 0.2) is 0 Å². The second-order valence-electron chi connectivity index (χ2n) is 5.36. The van der Waals surface area contributed by atoms with Crippen LogP contribution in [0.2, 0.25) is 0 Å². The van der Waals surface area contributed by atoms with Crippen molar-refractivity contribution in [3.63, 3.8) is 0 Å². The molecule has 0 unspecified atom stereocenters. The summed E-state index contributed by atoms with van der Waals surface area (Å²) < 4.78 is 5.71. The highest BCUT2D eigenvalue weighted by atomic mass is 79.9. The summed E-state index contributed by atoms with van der Waals surface area (Å²) in [6.07, 6.45) is 1.95. The molecule has 1 N–H and O–H groups in total. The molecule has 0 aliphatic carbocycles. The smallest absolute Gasteiger partial charge is 0.254 e. The Labute approximate surface area is 139 Å². The van der Waals surface area contributed by atoms with Gasteiger partial charge in [0.2, 0.25) is 5.91 Å². The highest BCUT2D eigenvalue weighted by Gasteiger charge is 2.25. The number of methoxy groups -OCH3 is 1. The van der Waals surface area contributed by atoms with Crippen molar-refractivity contribution in [1.29, 1.82) is 0 Å². The molecule has 1 aromatic carbocycles. The van der Waals surface area contributed by atoms with Gasteiger partial charge in [-0.25, -0.2) is 0 Å². The maximum Gasteiger partial charge on any atom is 0.254 e. The Morgan fingerprint density at radius 3 is 2.64 bits per heavy atom. The summed E-state index contributed by atoms with van der Waals surface area (Å²) in [5, 5.41) is 3.00. The average Bonchev–Trinajstić information content (AvgIpc) is 2.53. The zero-order valence-electron chi connectivity index (χ0n) is 12.7. The van der Waals surface area contributed by atoms with Gasteiger partial charge in [0.05, 0.1) is 12.2 Å². The van der Waals surface area contributed by atoms with Gasteiger partial charge >= 0.3 is 0 Å². The first-order chi connectivity index (χ1) is 10.6. The van der Waals surface area contributed by atoms with Gasteiger partial charge in [0.25, 0.3) is 5.91 Å². The predicted octanol–water partition coefficient (Wildman–Crippen LogP) is 2.21. The van der Waals surface area contributed by atoms with Crippen LogP contribution in [0.25, 0.3) is 0 Å². The zero-order valence-corrected chi connectivity index (χ0v) is 14.3. The third kappa shape index (κ3) is 4.55. The molecule has 1 aliphatic heterocycles. The summed E-state index contributed by atoms with van der Waals surface area (Å²) in [5.74, 6) is 0.0501. The summed E-state index contributed by atoms with van der Waals surface area (Å²) in [6.45, 7) is 1.76. The van der Waals surface area contributed by atoms with Gasteiger partial charge in [0.1, 0.15) is 0 Å². The number of carbonyl (C=O) groups is 2. The lowest BCUT2D eigenvalue weighted by molar-refractivity contribution is -0.122. The molecule has 0 aromatic heterocycles. The number of nitrogens with one attached hydrogen (secondary N) is 1. The monoisotopic (exact) mass is 368 g/mol. The lowest BCUT2D eigenvalue weighted by Gasteiger charge is -2.32. The highest BCUT2D eigenvalue weighted by molar-refractivity contribution is 9.10. The summed E-state index contributed by atoms with van der Waals surface area (Å²) in [4.78, 5) is 26.0. The van der Waals surface area contributed by atoms with E-state index in [0.29, 0.717) is 31.7 Å². The van der Waals surface area contributed by atoms with Crippen LogP contribution in [0.1, 0.15) is 29.6 Å². The van der Waals surface area contributed by atoms with Crippen LogP contribution in [-0.2, 0) is 9.53 Å². The first-order valence-corrected chi connectivity index (χ1v) is 8.23. The van der Waals surface area contributed by atoms with E-state index < -0.39 is 0 Å². The molecule has 5 nitrogen and oxygen atoms in total. The molecule has 0 radical (unpaired) electrons. The zero-order chi connectivity index (χ0) is 15.9. The van der Waals surface area contributed by atoms with Crippen LogP contribution in [0.3, 0.4) is 0 Å². The van der Waals surface area contributed by atoms with E-state index in [1.807, 2.05) is 29.2 Å². The van der Waals surface area contributed by atoms with Crippen LogP contribution >= 0.6 is 15.9 Å². The Morgan fingerprint density at radius 1 is 1.32 bits per heavy atom. The molecule has 1 aromatic rings. The molecular formula is C16H21BrN2O3. The summed E-state index contributed by atoms with van der Waals surface area (Å²) in [7, 11) is 1.58. The molecule has 2 amide bonds. The van der Waals surface area contributed by atoms with Crippen molar-refractivity contribution in [3.05, 3.63) is 34.3 Å². The van der Waals surface area contributed by atoms with Crippen LogP contribution in [0.5, 0.6) is 0 Å². The van der Waals surface area contributed by atoms with Crippen molar-refractivity contribution in [1.82, 2.24) is 10.2 Å². The third-order valence-corrected chi connectivity index (χ3v) is 4.48. The molecule has 2 rings (SSSR count). The van der Waals surface area contributed by atoms with Gasteiger partial charge in [-0.2, -0.15) is 0 Å². The fourth-order valence-corrected chi connectivity index (χ4v) is 2.98. The number of amides is 2. The maximum absolute atomic E-state index is 12.5. The first-order valence-electron chi connectivity index (χ1n) is 7.44. The largest absolute Gasteiger partial charge is 0.384 e. The second kappa shape index (κ2) is 8.29. The number of ether oxygens (including phenoxy) is 1. The second-order valence-corrected chi connectivity index (χ2v) is 6.21. The number of benzene rings is 1. The summed E-state index contributed by atoms with van der Waals surface area (Å²) in [6, 6.07) is 7.59. The molecule has 0 bridgehead atoms. The van der Waals surface area contributed by atoms with E-state index in [2.05, 4.69) is 21.2 Å². The number of piperidine rings is 1. The number of hydrogen-bond donors (Lipinski definition) is 1. The minimum atomic E-state index is 0.0115. The Bertz CT molecular complexity index is 528. The topological polar surface area (TPSA) is 58.6 Å². The van der Waals surface area contributed by atoms with E-state index in [1.54, 1.807) is 7.11 Å². The molecular weight excluding hydrogens is 348 g/mol. The SMILES string of the molecule is COCCC(=O)NC1CCN(C(=O)c2ccccc2Br)CC1. The molecule has 1 aliphatic rings. The Balaban J connectivity index is 1.83. The normalized spacial score (nSPS) is 15.6. The summed E-state index contributed by atoms with van der Waals surface area (Å²) >= 11 is 3.42. The van der Waals surface area contributed by atoms with E-state index in [4.69, 9.17) is 4.74 Å². The number of nitrogens with zero attached hydrogens (tertiary/aromatic N) is 1. The molecule has 1 fully saturated rings. The van der Waals surface area contributed by atoms with Gasteiger partial charge in [-0.3, -0.25) is 9.59 Å². The molecule has 1 saturated heterocycles. The average molecular weight is 369 g/mol. The van der Waals surface area contributed by atoms with Gasteiger partial charge in [-0.15, -0.1) is 0 Å². The van der Waals surface area contributed by atoms with Crippen LogP contribution in [0.15, 0.2) is 28.7 Å². The third-order valence-electron chi connectivity index (χ3n) is 3.78. The van der Waals surface area contributed by atoms with Crippen molar-refractivity contribution in [3.8, 4) is 0 Å². The molecule has 6 heteroatoms. The Kier molecular flexibility index (Phi) is 6.39. The van der Waals surface area contributed by atoms with E-state index in [9.17, 15) is 9.59 Å². The minimum Gasteiger partial charge on any atom is -0.384 e. The fraction of sp³-hybridized carbons (Fsp3) is 0.500. The van der Waals surface area contributed by atoms with Crippen LogP contribution < -0.4 is 5.32 Å². The van der Waals surface area contributed by atoms with Gasteiger partial charge in [0, 0.05) is 37.1 Å². The number of rotatable bonds is 5. The summed E-state index contributed by atoms with van der Waals surface area (Å²) in [5.41, 5.74) is 0.685. The Hall–Kier alpha value is -1.40. The molecule has 1 heterocycles. The van der Waals surface area contributed by atoms with Crippen molar-refractivity contribution >= 4 is 27.7 Å². The Morgan fingerprint density at radius 2 is 2.00 bits per heavy atom.